The molecule has 1 amide bonds. The van der Waals surface area contributed by atoms with Gasteiger partial charge in [-0.25, -0.2) is 4.98 Å². The van der Waals surface area contributed by atoms with Crippen molar-refractivity contribution in [2.24, 2.45) is 0 Å². The summed E-state index contributed by atoms with van der Waals surface area (Å²) in [6, 6.07) is 5.44. The van der Waals surface area contributed by atoms with E-state index in [2.05, 4.69) is 0 Å². The van der Waals surface area contributed by atoms with Gasteiger partial charge in [0.2, 0.25) is 0 Å². The van der Waals surface area contributed by atoms with Crippen molar-refractivity contribution in [3.05, 3.63) is 35.3 Å². The van der Waals surface area contributed by atoms with E-state index < -0.39 is 0 Å². The number of halogens is 1. The molecule has 2 aromatic heterocycles. The molecule has 0 radical (unpaired) electrons. The third-order valence-electron chi connectivity index (χ3n) is 4.42. The SMILES string of the molecule is COc1ccc(OC)c2sc(N(CCN(C)C)C(=O)c3cc(C)oc3C)nc12.Cl. The van der Waals surface area contributed by atoms with Gasteiger partial charge < -0.3 is 18.8 Å². The highest BCUT2D eigenvalue weighted by Gasteiger charge is 2.26. The number of rotatable bonds is 7. The minimum absolute atomic E-state index is 0. The monoisotopic (exact) mass is 439 g/mol. The van der Waals surface area contributed by atoms with Gasteiger partial charge in [-0.05, 0) is 46.1 Å². The van der Waals surface area contributed by atoms with E-state index >= 15 is 0 Å². The van der Waals surface area contributed by atoms with Crippen LogP contribution in [-0.2, 0) is 0 Å². The number of ether oxygens (including phenoxy) is 2. The quantitative estimate of drug-likeness (QED) is 0.550. The van der Waals surface area contributed by atoms with Gasteiger partial charge in [-0.15, -0.1) is 12.4 Å². The molecular weight excluding hydrogens is 414 g/mol. The molecule has 0 aliphatic heterocycles. The molecule has 2 heterocycles. The number of benzene rings is 1. The first-order chi connectivity index (χ1) is 13.3. The number of hydrogen-bond donors (Lipinski definition) is 0. The van der Waals surface area contributed by atoms with Crippen LogP contribution in [0, 0.1) is 13.8 Å². The lowest BCUT2D eigenvalue weighted by molar-refractivity contribution is 0.0983. The van der Waals surface area contributed by atoms with Gasteiger partial charge in [0.25, 0.3) is 5.91 Å². The predicted octanol–water partition coefficient (Wildman–Crippen LogP) is 4.15. The molecule has 29 heavy (non-hydrogen) atoms. The zero-order valence-corrected chi connectivity index (χ0v) is 19.1. The molecule has 7 nitrogen and oxygen atoms in total. The van der Waals surface area contributed by atoms with Crippen LogP contribution in [0.1, 0.15) is 21.9 Å². The van der Waals surface area contributed by atoms with Crippen molar-refractivity contribution in [1.29, 1.82) is 0 Å². The van der Waals surface area contributed by atoms with Crippen LogP contribution in [0.25, 0.3) is 10.2 Å². The number of carbonyl (C=O) groups excluding carboxylic acids is 1. The Morgan fingerprint density at radius 2 is 1.79 bits per heavy atom. The topological polar surface area (TPSA) is 68.0 Å². The van der Waals surface area contributed by atoms with E-state index in [1.807, 2.05) is 38.1 Å². The fourth-order valence-electron chi connectivity index (χ4n) is 2.96. The van der Waals surface area contributed by atoms with E-state index in [1.165, 1.54) is 11.3 Å². The van der Waals surface area contributed by atoms with Crippen molar-refractivity contribution in [2.75, 3.05) is 46.3 Å². The normalized spacial score (nSPS) is 10.9. The second kappa shape index (κ2) is 9.47. The maximum absolute atomic E-state index is 13.3. The number of fused-ring (bicyclic) bond motifs is 1. The minimum Gasteiger partial charge on any atom is -0.495 e. The second-order valence-electron chi connectivity index (χ2n) is 6.73. The van der Waals surface area contributed by atoms with E-state index in [1.54, 1.807) is 32.1 Å². The van der Waals surface area contributed by atoms with Gasteiger partial charge in [0.05, 0.1) is 19.8 Å². The van der Waals surface area contributed by atoms with E-state index in [0.717, 1.165) is 4.70 Å². The number of methoxy groups -OCH3 is 2. The Kier molecular flexibility index (Phi) is 7.51. The van der Waals surface area contributed by atoms with Gasteiger partial charge in [0.1, 0.15) is 33.2 Å². The van der Waals surface area contributed by atoms with Gasteiger partial charge >= 0.3 is 0 Å². The van der Waals surface area contributed by atoms with Crippen molar-refractivity contribution in [2.45, 2.75) is 13.8 Å². The fourth-order valence-corrected chi connectivity index (χ4v) is 4.06. The lowest BCUT2D eigenvalue weighted by atomic mass is 10.2. The van der Waals surface area contributed by atoms with Gasteiger partial charge in [-0.3, -0.25) is 9.69 Å². The molecule has 0 fully saturated rings. The average Bonchev–Trinajstić information content (AvgIpc) is 3.23. The molecule has 0 N–H and O–H groups in total. The fraction of sp³-hybridized carbons (Fsp3) is 0.400. The summed E-state index contributed by atoms with van der Waals surface area (Å²) < 4.78 is 17.3. The second-order valence-corrected chi connectivity index (χ2v) is 7.71. The van der Waals surface area contributed by atoms with Crippen LogP contribution in [0.3, 0.4) is 0 Å². The van der Waals surface area contributed by atoms with Crippen molar-refractivity contribution in [3.8, 4) is 11.5 Å². The van der Waals surface area contributed by atoms with Crippen LogP contribution in [0.2, 0.25) is 0 Å². The molecule has 1 aromatic carbocycles. The van der Waals surface area contributed by atoms with Gasteiger partial charge in [-0.2, -0.15) is 0 Å². The number of nitrogens with zero attached hydrogens (tertiary/aromatic N) is 3. The third kappa shape index (κ3) is 4.66. The zero-order valence-electron chi connectivity index (χ0n) is 17.4. The van der Waals surface area contributed by atoms with Crippen molar-refractivity contribution in [3.63, 3.8) is 0 Å². The summed E-state index contributed by atoms with van der Waals surface area (Å²) in [5, 5.41) is 0.600. The maximum atomic E-state index is 13.3. The number of furan rings is 1. The highest BCUT2D eigenvalue weighted by Crippen LogP contribution is 2.40. The van der Waals surface area contributed by atoms with Gasteiger partial charge in [0.15, 0.2) is 5.13 Å². The number of hydrogen-bond acceptors (Lipinski definition) is 7. The molecule has 0 spiro atoms. The largest absolute Gasteiger partial charge is 0.495 e. The average molecular weight is 440 g/mol. The number of thiazole rings is 1. The van der Waals surface area contributed by atoms with E-state index in [4.69, 9.17) is 18.9 Å². The van der Waals surface area contributed by atoms with Crippen LogP contribution in [0.15, 0.2) is 22.6 Å². The van der Waals surface area contributed by atoms with Crippen LogP contribution in [0.5, 0.6) is 11.5 Å². The summed E-state index contributed by atoms with van der Waals surface area (Å²) >= 11 is 1.41. The van der Waals surface area contributed by atoms with Crippen LogP contribution >= 0.6 is 23.7 Å². The molecule has 0 aliphatic carbocycles. The van der Waals surface area contributed by atoms with E-state index in [9.17, 15) is 4.79 Å². The van der Waals surface area contributed by atoms with Crippen molar-refractivity contribution >= 4 is 45.0 Å². The highest BCUT2D eigenvalue weighted by atomic mass is 35.5. The number of anilines is 1. The molecule has 0 unspecified atom stereocenters. The molecule has 158 valence electrons. The minimum atomic E-state index is -0.131. The molecular formula is C20H26ClN3O4S. The standard InChI is InChI=1S/C20H25N3O4S.ClH/c1-12-11-14(13(2)27-12)19(24)23(10-9-22(3)4)20-21-17-15(25-5)7-8-16(26-6)18(17)28-20;/h7-8,11H,9-10H2,1-6H3;1H. The first-order valence-electron chi connectivity index (χ1n) is 8.90. The Labute approximate surface area is 180 Å². The molecule has 9 heteroatoms. The Balaban J connectivity index is 0.00000300. The Morgan fingerprint density at radius 3 is 2.34 bits per heavy atom. The highest BCUT2D eigenvalue weighted by molar-refractivity contribution is 7.22. The third-order valence-corrected chi connectivity index (χ3v) is 5.51. The number of amides is 1. The summed E-state index contributed by atoms with van der Waals surface area (Å²) in [5.41, 5.74) is 1.24. The van der Waals surface area contributed by atoms with Gasteiger partial charge in [0, 0.05) is 13.1 Å². The summed E-state index contributed by atoms with van der Waals surface area (Å²) in [5.74, 6) is 2.53. The number of carbonyl (C=O) groups is 1. The predicted molar refractivity (Wildman–Crippen MR) is 118 cm³/mol. The molecule has 3 rings (SSSR count). The number of aryl methyl sites for hydroxylation is 2. The Morgan fingerprint density at radius 1 is 1.14 bits per heavy atom. The van der Waals surface area contributed by atoms with Crippen molar-refractivity contribution < 1.29 is 18.7 Å². The molecule has 0 bridgehead atoms. The van der Waals surface area contributed by atoms with Crippen LogP contribution in [0.4, 0.5) is 5.13 Å². The molecule has 0 aliphatic rings. The van der Waals surface area contributed by atoms with Gasteiger partial charge in [-0.1, -0.05) is 11.3 Å². The van der Waals surface area contributed by atoms with E-state index in [-0.39, 0.29) is 18.3 Å². The molecule has 0 atom stereocenters. The Hall–Kier alpha value is -2.29. The Bertz CT molecular complexity index is 958. The lowest BCUT2D eigenvalue weighted by Crippen LogP contribution is -2.36. The summed E-state index contributed by atoms with van der Waals surface area (Å²) in [6.07, 6.45) is 0. The summed E-state index contributed by atoms with van der Waals surface area (Å²) in [7, 11) is 7.17. The first-order valence-corrected chi connectivity index (χ1v) is 9.72. The van der Waals surface area contributed by atoms with E-state index in [0.29, 0.717) is 52.3 Å². The summed E-state index contributed by atoms with van der Waals surface area (Å²) in [4.78, 5) is 21.8. The molecule has 0 saturated heterocycles. The van der Waals surface area contributed by atoms with Crippen LogP contribution in [-0.4, -0.2) is 57.2 Å². The first kappa shape index (κ1) is 23.0. The van der Waals surface area contributed by atoms with Crippen LogP contribution < -0.4 is 14.4 Å². The smallest absolute Gasteiger partial charge is 0.263 e. The zero-order chi connectivity index (χ0) is 20.4. The number of likely N-dealkylation sites (N-methyl/N-ethyl adjacent to an activating group) is 1. The lowest BCUT2D eigenvalue weighted by Gasteiger charge is -2.21. The maximum Gasteiger partial charge on any atom is 0.263 e. The van der Waals surface area contributed by atoms with Crippen molar-refractivity contribution in [1.82, 2.24) is 9.88 Å². The summed E-state index contributed by atoms with van der Waals surface area (Å²) in [6.45, 7) is 4.84. The molecule has 0 saturated carbocycles. The number of aromatic nitrogens is 1. The molecule has 3 aromatic rings.